The van der Waals surface area contributed by atoms with Crippen LogP contribution < -0.4 is 10.1 Å². The molecule has 3 aromatic carbocycles. The Morgan fingerprint density at radius 3 is 2.23 bits per heavy atom. The predicted octanol–water partition coefficient (Wildman–Crippen LogP) is 6.57. The first-order chi connectivity index (χ1) is 12.5. The Bertz CT molecular complexity index is 887. The number of halogens is 1. The number of hydrogen-bond donors (Lipinski definition) is 1. The molecule has 0 radical (unpaired) electrons. The lowest BCUT2D eigenvalue weighted by Crippen LogP contribution is -2.02. The fourth-order valence-corrected chi connectivity index (χ4v) is 3.28. The van der Waals surface area contributed by atoms with Gasteiger partial charge in [-0.1, -0.05) is 48.0 Å². The molecule has 134 valence electrons. The molecule has 0 aliphatic rings. The van der Waals surface area contributed by atoms with Crippen molar-refractivity contribution in [1.82, 2.24) is 0 Å². The van der Waals surface area contributed by atoms with Gasteiger partial charge in [0.2, 0.25) is 0 Å². The van der Waals surface area contributed by atoms with Crippen molar-refractivity contribution in [3.05, 3.63) is 93.0 Å². The summed E-state index contributed by atoms with van der Waals surface area (Å²) in [6, 6.07) is 21.1. The average Bonchev–Trinajstić information content (AvgIpc) is 2.63. The lowest BCUT2D eigenvalue weighted by atomic mass is 10.1. The van der Waals surface area contributed by atoms with Gasteiger partial charge in [0, 0.05) is 12.2 Å². The number of hydrogen-bond acceptors (Lipinski definition) is 2. The number of ether oxygens (including phenoxy) is 1. The van der Waals surface area contributed by atoms with Crippen LogP contribution in [0.3, 0.4) is 0 Å². The summed E-state index contributed by atoms with van der Waals surface area (Å²) in [5.41, 5.74) is 7.34. The van der Waals surface area contributed by atoms with Gasteiger partial charge in [0.05, 0.1) is 4.47 Å². The molecule has 0 saturated carbocycles. The van der Waals surface area contributed by atoms with E-state index < -0.39 is 0 Å². The number of aryl methyl sites for hydroxylation is 3. The molecule has 3 heteroatoms. The zero-order chi connectivity index (χ0) is 18.5. The maximum Gasteiger partial charge on any atom is 0.134 e. The van der Waals surface area contributed by atoms with Gasteiger partial charge < -0.3 is 10.1 Å². The van der Waals surface area contributed by atoms with Crippen molar-refractivity contribution in [3.8, 4) is 5.75 Å². The van der Waals surface area contributed by atoms with Crippen LogP contribution >= 0.6 is 15.9 Å². The highest BCUT2D eigenvalue weighted by Gasteiger charge is 2.05. The van der Waals surface area contributed by atoms with E-state index in [4.69, 9.17) is 4.74 Å². The number of nitrogens with one attached hydrogen (secondary N) is 1. The van der Waals surface area contributed by atoms with E-state index in [9.17, 15) is 0 Å². The monoisotopic (exact) mass is 409 g/mol. The van der Waals surface area contributed by atoms with Crippen molar-refractivity contribution in [3.63, 3.8) is 0 Å². The summed E-state index contributed by atoms with van der Waals surface area (Å²) < 4.78 is 6.92. The topological polar surface area (TPSA) is 21.3 Å². The molecular formula is C23H24BrNO. The van der Waals surface area contributed by atoms with Gasteiger partial charge in [0.15, 0.2) is 0 Å². The Balaban J connectivity index is 1.61. The zero-order valence-corrected chi connectivity index (χ0v) is 17.1. The first-order valence-corrected chi connectivity index (χ1v) is 9.58. The van der Waals surface area contributed by atoms with Crippen LogP contribution in [0.15, 0.2) is 65.1 Å². The van der Waals surface area contributed by atoms with E-state index >= 15 is 0 Å². The highest BCUT2D eigenvalue weighted by molar-refractivity contribution is 9.10. The lowest BCUT2D eigenvalue weighted by Gasteiger charge is -2.13. The molecule has 0 fully saturated rings. The molecule has 0 aromatic heterocycles. The smallest absolute Gasteiger partial charge is 0.134 e. The van der Waals surface area contributed by atoms with Crippen molar-refractivity contribution in [1.29, 1.82) is 0 Å². The largest absolute Gasteiger partial charge is 0.488 e. The summed E-state index contributed by atoms with van der Waals surface area (Å²) in [5, 5.41) is 3.52. The van der Waals surface area contributed by atoms with Crippen LogP contribution in [-0.4, -0.2) is 0 Å². The van der Waals surface area contributed by atoms with Crippen LogP contribution in [0.25, 0.3) is 0 Å². The average molecular weight is 410 g/mol. The molecule has 3 rings (SSSR count). The predicted molar refractivity (Wildman–Crippen MR) is 113 cm³/mol. The van der Waals surface area contributed by atoms with Gasteiger partial charge in [-0.25, -0.2) is 0 Å². The quantitative estimate of drug-likeness (QED) is 0.497. The van der Waals surface area contributed by atoms with Gasteiger partial charge in [-0.05, 0) is 77.2 Å². The van der Waals surface area contributed by atoms with Gasteiger partial charge in [0.25, 0.3) is 0 Å². The molecule has 2 nitrogen and oxygen atoms in total. The first kappa shape index (κ1) is 18.5. The summed E-state index contributed by atoms with van der Waals surface area (Å²) in [5.74, 6) is 0.862. The minimum absolute atomic E-state index is 0.568. The third-order valence-electron chi connectivity index (χ3n) is 4.39. The van der Waals surface area contributed by atoms with E-state index in [2.05, 4.69) is 96.6 Å². The SMILES string of the molecule is Cc1ccc(COc2ccc(CNc3cc(C)ccc3C)cc2Br)cc1. The summed E-state index contributed by atoms with van der Waals surface area (Å²) in [6.07, 6.45) is 0. The molecule has 1 N–H and O–H groups in total. The van der Waals surface area contributed by atoms with E-state index in [1.807, 2.05) is 6.07 Å². The van der Waals surface area contributed by atoms with Gasteiger partial charge >= 0.3 is 0 Å². The van der Waals surface area contributed by atoms with Crippen LogP contribution in [0, 0.1) is 20.8 Å². The Morgan fingerprint density at radius 1 is 0.808 bits per heavy atom. The van der Waals surface area contributed by atoms with Crippen molar-refractivity contribution < 1.29 is 4.74 Å². The fraction of sp³-hybridized carbons (Fsp3) is 0.217. The maximum absolute atomic E-state index is 5.95. The number of rotatable bonds is 6. The molecule has 0 aliphatic heterocycles. The zero-order valence-electron chi connectivity index (χ0n) is 15.5. The molecule has 0 amide bonds. The van der Waals surface area contributed by atoms with Gasteiger partial charge in [0.1, 0.15) is 12.4 Å². The minimum Gasteiger partial charge on any atom is -0.488 e. The van der Waals surface area contributed by atoms with Gasteiger partial charge in [-0.15, -0.1) is 0 Å². The molecule has 0 heterocycles. The standard InChI is InChI=1S/C23H24BrNO/c1-16-5-8-19(9-6-16)15-26-23-11-10-20(13-21(23)24)14-25-22-12-17(2)4-7-18(22)3/h4-13,25H,14-15H2,1-3H3. The van der Waals surface area contributed by atoms with Crippen molar-refractivity contribution in [2.24, 2.45) is 0 Å². The molecule has 0 spiro atoms. The van der Waals surface area contributed by atoms with E-state index in [1.165, 1.54) is 33.5 Å². The molecule has 0 saturated heterocycles. The van der Waals surface area contributed by atoms with E-state index in [1.54, 1.807) is 0 Å². The van der Waals surface area contributed by atoms with E-state index in [0.717, 1.165) is 16.8 Å². The van der Waals surface area contributed by atoms with Gasteiger partial charge in [-0.2, -0.15) is 0 Å². The van der Waals surface area contributed by atoms with Crippen molar-refractivity contribution >= 4 is 21.6 Å². The van der Waals surface area contributed by atoms with Crippen molar-refractivity contribution in [2.45, 2.75) is 33.9 Å². The highest BCUT2D eigenvalue weighted by Crippen LogP contribution is 2.27. The Hall–Kier alpha value is -2.26. The van der Waals surface area contributed by atoms with Crippen LogP contribution in [0.1, 0.15) is 27.8 Å². The second-order valence-corrected chi connectivity index (χ2v) is 7.57. The highest BCUT2D eigenvalue weighted by atomic mass is 79.9. The van der Waals surface area contributed by atoms with Crippen LogP contribution in [0.4, 0.5) is 5.69 Å². The maximum atomic E-state index is 5.95. The number of benzene rings is 3. The number of anilines is 1. The second-order valence-electron chi connectivity index (χ2n) is 6.71. The molecular weight excluding hydrogens is 386 g/mol. The fourth-order valence-electron chi connectivity index (χ4n) is 2.74. The molecule has 26 heavy (non-hydrogen) atoms. The molecule has 0 bridgehead atoms. The second kappa shape index (κ2) is 8.41. The summed E-state index contributed by atoms with van der Waals surface area (Å²) in [6.45, 7) is 7.67. The van der Waals surface area contributed by atoms with Crippen LogP contribution in [0.2, 0.25) is 0 Å². The molecule has 0 aliphatic carbocycles. The Morgan fingerprint density at radius 2 is 1.50 bits per heavy atom. The Kier molecular flexibility index (Phi) is 6.00. The van der Waals surface area contributed by atoms with E-state index in [-0.39, 0.29) is 0 Å². The molecule has 3 aromatic rings. The van der Waals surface area contributed by atoms with Crippen molar-refractivity contribution in [2.75, 3.05) is 5.32 Å². The third-order valence-corrected chi connectivity index (χ3v) is 5.01. The van der Waals surface area contributed by atoms with Gasteiger partial charge in [-0.3, -0.25) is 0 Å². The normalized spacial score (nSPS) is 10.6. The minimum atomic E-state index is 0.568. The van der Waals surface area contributed by atoms with E-state index in [0.29, 0.717) is 6.61 Å². The van der Waals surface area contributed by atoms with Crippen LogP contribution in [-0.2, 0) is 13.2 Å². The Labute approximate surface area is 164 Å². The van der Waals surface area contributed by atoms with Crippen LogP contribution in [0.5, 0.6) is 5.75 Å². The summed E-state index contributed by atoms with van der Waals surface area (Å²) in [7, 11) is 0. The molecule has 0 atom stereocenters. The molecule has 0 unspecified atom stereocenters. The first-order valence-electron chi connectivity index (χ1n) is 8.79. The summed E-state index contributed by atoms with van der Waals surface area (Å²) in [4.78, 5) is 0. The summed E-state index contributed by atoms with van der Waals surface area (Å²) >= 11 is 3.63. The lowest BCUT2D eigenvalue weighted by molar-refractivity contribution is 0.304. The third kappa shape index (κ3) is 4.89.